The standard InChI is InChI=1S/C11H10N2O3S/c1-13-9(6-17-11(13)16)12-8-4-2-7(3-5-8)10(14)15/h2-6,12H,1H3,(H,14,15). The number of benzene rings is 1. The average Bonchev–Trinajstić information content (AvgIpc) is 2.62. The van der Waals surface area contributed by atoms with Crippen LogP contribution in [0.25, 0.3) is 0 Å². The van der Waals surface area contributed by atoms with E-state index in [0.29, 0.717) is 5.82 Å². The second-order valence-corrected chi connectivity index (χ2v) is 4.27. The summed E-state index contributed by atoms with van der Waals surface area (Å²) in [4.78, 5) is 21.9. The Hall–Kier alpha value is -2.08. The molecule has 0 aliphatic heterocycles. The van der Waals surface area contributed by atoms with Gasteiger partial charge in [0, 0.05) is 18.1 Å². The second-order valence-electron chi connectivity index (χ2n) is 3.45. The van der Waals surface area contributed by atoms with Gasteiger partial charge in [-0.2, -0.15) is 0 Å². The van der Waals surface area contributed by atoms with Gasteiger partial charge in [-0.05, 0) is 24.3 Å². The molecule has 88 valence electrons. The number of nitrogens with zero attached hydrogens (tertiary/aromatic N) is 1. The molecule has 1 aromatic carbocycles. The molecule has 0 radical (unpaired) electrons. The van der Waals surface area contributed by atoms with E-state index in [1.807, 2.05) is 0 Å². The van der Waals surface area contributed by atoms with Gasteiger partial charge in [0.05, 0.1) is 5.56 Å². The first-order chi connectivity index (χ1) is 8.08. The number of anilines is 2. The Balaban J connectivity index is 2.22. The van der Waals surface area contributed by atoms with Gasteiger partial charge in [0.1, 0.15) is 5.82 Å². The maximum atomic E-state index is 11.2. The number of aromatic nitrogens is 1. The number of aromatic carboxylic acids is 1. The Morgan fingerprint density at radius 3 is 2.47 bits per heavy atom. The van der Waals surface area contributed by atoms with E-state index < -0.39 is 5.97 Å². The second kappa shape index (κ2) is 4.42. The van der Waals surface area contributed by atoms with Crippen LogP contribution < -0.4 is 10.2 Å². The highest BCUT2D eigenvalue weighted by Gasteiger charge is 2.04. The smallest absolute Gasteiger partial charge is 0.335 e. The zero-order chi connectivity index (χ0) is 12.4. The maximum absolute atomic E-state index is 11.2. The van der Waals surface area contributed by atoms with Crippen LogP contribution in [0.4, 0.5) is 11.5 Å². The first-order valence-electron chi connectivity index (χ1n) is 4.83. The Kier molecular flexibility index (Phi) is 2.97. The normalized spacial score (nSPS) is 10.2. The highest BCUT2D eigenvalue weighted by molar-refractivity contribution is 7.07. The van der Waals surface area contributed by atoms with Crippen molar-refractivity contribution in [3.05, 3.63) is 44.9 Å². The van der Waals surface area contributed by atoms with Crippen LogP contribution in [-0.4, -0.2) is 15.6 Å². The number of rotatable bonds is 3. The largest absolute Gasteiger partial charge is 0.478 e. The van der Waals surface area contributed by atoms with E-state index in [-0.39, 0.29) is 10.4 Å². The van der Waals surface area contributed by atoms with Crippen molar-refractivity contribution in [1.82, 2.24) is 4.57 Å². The molecule has 0 spiro atoms. The van der Waals surface area contributed by atoms with Crippen LogP contribution in [0.2, 0.25) is 0 Å². The summed E-state index contributed by atoms with van der Waals surface area (Å²) in [6.07, 6.45) is 0. The topological polar surface area (TPSA) is 71.3 Å². The predicted molar refractivity (Wildman–Crippen MR) is 66.2 cm³/mol. The molecule has 2 aromatic rings. The summed E-state index contributed by atoms with van der Waals surface area (Å²) in [6.45, 7) is 0. The molecule has 0 amide bonds. The molecular weight excluding hydrogens is 240 g/mol. The van der Waals surface area contributed by atoms with E-state index in [1.54, 1.807) is 24.6 Å². The van der Waals surface area contributed by atoms with Crippen molar-refractivity contribution < 1.29 is 9.90 Å². The molecule has 0 fully saturated rings. The molecule has 5 nitrogen and oxygen atoms in total. The number of hydrogen-bond acceptors (Lipinski definition) is 4. The number of carboxylic acid groups (broad SMARTS) is 1. The minimum Gasteiger partial charge on any atom is -0.478 e. The van der Waals surface area contributed by atoms with Crippen LogP contribution in [0.15, 0.2) is 34.4 Å². The van der Waals surface area contributed by atoms with Gasteiger partial charge in [-0.25, -0.2) is 4.79 Å². The van der Waals surface area contributed by atoms with E-state index in [2.05, 4.69) is 5.32 Å². The van der Waals surface area contributed by atoms with Crippen LogP contribution in [0.3, 0.4) is 0 Å². The third kappa shape index (κ3) is 2.36. The number of thiazole rings is 1. The Bertz CT molecular complexity index is 598. The molecule has 0 saturated carbocycles. The van der Waals surface area contributed by atoms with Gasteiger partial charge in [-0.3, -0.25) is 9.36 Å². The van der Waals surface area contributed by atoms with Gasteiger partial charge < -0.3 is 10.4 Å². The fourth-order valence-electron chi connectivity index (χ4n) is 1.32. The predicted octanol–water partition coefficient (Wildman–Crippen LogP) is 1.89. The lowest BCUT2D eigenvalue weighted by Crippen LogP contribution is -2.10. The van der Waals surface area contributed by atoms with E-state index in [9.17, 15) is 9.59 Å². The highest BCUT2D eigenvalue weighted by Crippen LogP contribution is 2.16. The molecule has 0 bridgehead atoms. The minimum absolute atomic E-state index is 0.0466. The first kappa shape index (κ1) is 11.4. The van der Waals surface area contributed by atoms with E-state index >= 15 is 0 Å². The lowest BCUT2D eigenvalue weighted by Gasteiger charge is -2.06. The molecule has 2 rings (SSSR count). The van der Waals surface area contributed by atoms with Gasteiger partial charge in [0.15, 0.2) is 0 Å². The maximum Gasteiger partial charge on any atom is 0.335 e. The van der Waals surface area contributed by atoms with E-state index in [0.717, 1.165) is 17.0 Å². The summed E-state index contributed by atoms with van der Waals surface area (Å²) in [6, 6.07) is 6.33. The van der Waals surface area contributed by atoms with Crippen molar-refractivity contribution in [1.29, 1.82) is 0 Å². The van der Waals surface area contributed by atoms with Gasteiger partial charge in [0.25, 0.3) is 0 Å². The number of carbonyl (C=O) groups is 1. The van der Waals surface area contributed by atoms with Crippen LogP contribution in [0.1, 0.15) is 10.4 Å². The summed E-state index contributed by atoms with van der Waals surface area (Å²) >= 11 is 1.11. The molecule has 0 aliphatic carbocycles. The number of hydrogen-bond donors (Lipinski definition) is 2. The van der Waals surface area contributed by atoms with Crippen molar-refractivity contribution >= 4 is 28.8 Å². The molecule has 0 saturated heterocycles. The molecule has 0 atom stereocenters. The Morgan fingerprint density at radius 1 is 1.35 bits per heavy atom. The monoisotopic (exact) mass is 250 g/mol. The van der Waals surface area contributed by atoms with E-state index in [4.69, 9.17) is 5.11 Å². The quantitative estimate of drug-likeness (QED) is 0.872. The Morgan fingerprint density at radius 2 is 2.00 bits per heavy atom. The van der Waals surface area contributed by atoms with Crippen molar-refractivity contribution in [3.63, 3.8) is 0 Å². The van der Waals surface area contributed by atoms with Crippen LogP contribution >= 0.6 is 11.3 Å². The molecule has 17 heavy (non-hydrogen) atoms. The third-order valence-electron chi connectivity index (χ3n) is 2.31. The first-order valence-corrected chi connectivity index (χ1v) is 5.71. The lowest BCUT2D eigenvalue weighted by atomic mass is 10.2. The SMILES string of the molecule is Cn1c(Nc2ccc(C(=O)O)cc2)csc1=O. The summed E-state index contributed by atoms with van der Waals surface area (Å²) in [7, 11) is 1.67. The van der Waals surface area contributed by atoms with Gasteiger partial charge >= 0.3 is 10.8 Å². The zero-order valence-electron chi connectivity index (χ0n) is 9.01. The lowest BCUT2D eigenvalue weighted by molar-refractivity contribution is 0.0697. The van der Waals surface area contributed by atoms with Crippen molar-refractivity contribution in [2.24, 2.45) is 7.05 Å². The fourth-order valence-corrected chi connectivity index (χ4v) is 2.01. The Labute approximate surface area is 101 Å². The van der Waals surface area contributed by atoms with Crippen LogP contribution in [0.5, 0.6) is 0 Å². The molecule has 0 unspecified atom stereocenters. The van der Waals surface area contributed by atoms with Crippen molar-refractivity contribution in [2.45, 2.75) is 0 Å². The average molecular weight is 250 g/mol. The summed E-state index contributed by atoms with van der Waals surface area (Å²) in [5, 5.41) is 13.5. The summed E-state index contributed by atoms with van der Waals surface area (Å²) in [5.41, 5.74) is 0.971. The molecule has 1 heterocycles. The molecule has 1 aromatic heterocycles. The van der Waals surface area contributed by atoms with Crippen molar-refractivity contribution in [2.75, 3.05) is 5.32 Å². The molecular formula is C11H10N2O3S. The summed E-state index contributed by atoms with van der Waals surface area (Å²) < 4.78 is 1.50. The number of nitrogens with one attached hydrogen (secondary N) is 1. The fraction of sp³-hybridized carbons (Fsp3) is 0.0909. The summed E-state index contributed by atoms with van der Waals surface area (Å²) in [5.74, 6) is -0.275. The van der Waals surface area contributed by atoms with Gasteiger partial charge in [-0.15, -0.1) is 0 Å². The highest BCUT2D eigenvalue weighted by atomic mass is 32.1. The van der Waals surface area contributed by atoms with Crippen molar-refractivity contribution in [3.8, 4) is 0 Å². The van der Waals surface area contributed by atoms with Gasteiger partial charge in [-0.1, -0.05) is 11.3 Å². The van der Waals surface area contributed by atoms with E-state index in [1.165, 1.54) is 16.7 Å². The third-order valence-corrected chi connectivity index (χ3v) is 3.13. The molecule has 6 heteroatoms. The van der Waals surface area contributed by atoms with Crippen LogP contribution in [0, 0.1) is 0 Å². The number of carboxylic acids is 1. The van der Waals surface area contributed by atoms with Gasteiger partial charge in [0.2, 0.25) is 0 Å². The molecule has 2 N–H and O–H groups in total. The van der Waals surface area contributed by atoms with Crippen LogP contribution in [-0.2, 0) is 7.05 Å². The molecule has 0 aliphatic rings. The zero-order valence-corrected chi connectivity index (χ0v) is 9.82. The minimum atomic E-state index is -0.959.